The van der Waals surface area contributed by atoms with Gasteiger partial charge >= 0.3 is 0 Å². The molecule has 2 N–H and O–H groups in total. The number of nitrogens with zero attached hydrogens (tertiary/aromatic N) is 5. The molecule has 0 saturated carbocycles. The molecule has 1 aliphatic heterocycles. The van der Waals surface area contributed by atoms with E-state index in [1.54, 1.807) is 0 Å². The Bertz CT molecular complexity index is 772. The number of para-hydroxylation sites is 2. The van der Waals surface area contributed by atoms with E-state index in [9.17, 15) is 0 Å². The SMILES string of the molecule is Cc1nnc2c(N3CC[NH2+]CC3)nc3ccccc3n12. The van der Waals surface area contributed by atoms with Crippen LogP contribution in [0.15, 0.2) is 24.3 Å². The topological polar surface area (TPSA) is 62.9 Å². The summed E-state index contributed by atoms with van der Waals surface area (Å²) in [6.45, 7) is 6.21. The van der Waals surface area contributed by atoms with E-state index in [0.717, 1.165) is 54.5 Å². The molecule has 6 heteroatoms. The molecule has 1 aliphatic rings. The maximum Gasteiger partial charge on any atom is 0.204 e. The highest BCUT2D eigenvalue weighted by atomic mass is 15.3. The summed E-state index contributed by atoms with van der Waals surface area (Å²) in [6.07, 6.45) is 0. The summed E-state index contributed by atoms with van der Waals surface area (Å²) >= 11 is 0. The molecule has 3 heterocycles. The van der Waals surface area contributed by atoms with Crippen LogP contribution in [0.3, 0.4) is 0 Å². The van der Waals surface area contributed by atoms with Gasteiger partial charge in [-0.25, -0.2) is 4.98 Å². The van der Waals surface area contributed by atoms with Gasteiger partial charge < -0.3 is 10.2 Å². The van der Waals surface area contributed by atoms with Gasteiger partial charge in [0.2, 0.25) is 5.65 Å². The third-order valence-electron chi connectivity index (χ3n) is 3.88. The Hall–Kier alpha value is -2.21. The predicted octanol–water partition coefficient (Wildman–Crippen LogP) is -0.0307. The van der Waals surface area contributed by atoms with Crippen LogP contribution in [-0.4, -0.2) is 45.8 Å². The molecule has 1 fully saturated rings. The lowest BCUT2D eigenvalue weighted by atomic mass is 10.3. The zero-order valence-electron chi connectivity index (χ0n) is 11.5. The van der Waals surface area contributed by atoms with Crippen molar-refractivity contribution in [2.45, 2.75) is 6.92 Å². The minimum absolute atomic E-state index is 0.864. The molecule has 2 aromatic heterocycles. The lowest BCUT2D eigenvalue weighted by Crippen LogP contribution is -2.89. The molecular formula is C14H17N6+. The molecular weight excluding hydrogens is 252 g/mol. The fraction of sp³-hybridized carbons (Fsp3) is 0.357. The van der Waals surface area contributed by atoms with Crippen molar-refractivity contribution in [3.8, 4) is 0 Å². The second kappa shape index (κ2) is 4.42. The van der Waals surface area contributed by atoms with Gasteiger partial charge in [-0.3, -0.25) is 4.40 Å². The van der Waals surface area contributed by atoms with Crippen molar-refractivity contribution in [3.63, 3.8) is 0 Å². The van der Waals surface area contributed by atoms with Crippen LogP contribution >= 0.6 is 0 Å². The number of hydrogen-bond donors (Lipinski definition) is 1. The van der Waals surface area contributed by atoms with Gasteiger partial charge in [0, 0.05) is 0 Å². The number of anilines is 1. The zero-order chi connectivity index (χ0) is 13.5. The Balaban J connectivity index is 2.03. The summed E-state index contributed by atoms with van der Waals surface area (Å²) in [6, 6.07) is 8.17. The maximum absolute atomic E-state index is 4.83. The van der Waals surface area contributed by atoms with Crippen molar-refractivity contribution in [2.75, 3.05) is 31.1 Å². The number of aryl methyl sites for hydroxylation is 1. The predicted molar refractivity (Wildman–Crippen MR) is 76.9 cm³/mol. The number of benzene rings is 1. The molecule has 102 valence electrons. The highest BCUT2D eigenvalue weighted by molar-refractivity contribution is 5.83. The molecule has 0 radical (unpaired) electrons. The van der Waals surface area contributed by atoms with Gasteiger partial charge in [-0.2, -0.15) is 0 Å². The first-order valence-electron chi connectivity index (χ1n) is 7.02. The van der Waals surface area contributed by atoms with Crippen LogP contribution in [0.4, 0.5) is 5.82 Å². The van der Waals surface area contributed by atoms with E-state index in [1.165, 1.54) is 0 Å². The van der Waals surface area contributed by atoms with E-state index in [2.05, 4.69) is 30.9 Å². The van der Waals surface area contributed by atoms with Crippen molar-refractivity contribution in [1.82, 2.24) is 19.6 Å². The van der Waals surface area contributed by atoms with Crippen LogP contribution in [0.1, 0.15) is 5.82 Å². The maximum atomic E-state index is 4.83. The van der Waals surface area contributed by atoms with Gasteiger partial charge in [0.25, 0.3) is 0 Å². The number of quaternary nitrogens is 1. The molecule has 0 bridgehead atoms. The summed E-state index contributed by atoms with van der Waals surface area (Å²) in [4.78, 5) is 7.14. The summed E-state index contributed by atoms with van der Waals surface area (Å²) in [5, 5.41) is 10.9. The lowest BCUT2D eigenvalue weighted by molar-refractivity contribution is -0.655. The molecule has 0 aliphatic carbocycles. The van der Waals surface area contributed by atoms with Crippen molar-refractivity contribution in [2.24, 2.45) is 0 Å². The minimum Gasteiger partial charge on any atom is -0.343 e. The van der Waals surface area contributed by atoms with E-state index in [4.69, 9.17) is 4.98 Å². The number of hydrogen-bond acceptors (Lipinski definition) is 4. The number of nitrogens with two attached hydrogens (primary N) is 1. The Morgan fingerprint density at radius 3 is 2.75 bits per heavy atom. The highest BCUT2D eigenvalue weighted by Crippen LogP contribution is 2.24. The lowest BCUT2D eigenvalue weighted by Gasteiger charge is -2.26. The van der Waals surface area contributed by atoms with E-state index in [1.807, 2.05) is 25.1 Å². The van der Waals surface area contributed by atoms with Crippen molar-refractivity contribution >= 4 is 22.5 Å². The number of piperazine rings is 1. The van der Waals surface area contributed by atoms with Crippen LogP contribution in [0.5, 0.6) is 0 Å². The van der Waals surface area contributed by atoms with Crippen molar-refractivity contribution in [1.29, 1.82) is 0 Å². The van der Waals surface area contributed by atoms with E-state index in [-0.39, 0.29) is 0 Å². The molecule has 6 nitrogen and oxygen atoms in total. The monoisotopic (exact) mass is 269 g/mol. The van der Waals surface area contributed by atoms with Crippen molar-refractivity contribution < 1.29 is 5.32 Å². The third-order valence-corrected chi connectivity index (χ3v) is 3.88. The Kier molecular flexibility index (Phi) is 2.56. The molecule has 3 aromatic rings. The minimum atomic E-state index is 0.864. The standard InChI is InChI=1S/C14H16N6/c1-10-17-18-14-13(19-8-6-15-7-9-19)16-11-4-2-3-5-12(11)20(10)14/h2-5,15H,6-9H2,1H3/p+1. The van der Waals surface area contributed by atoms with Crippen LogP contribution < -0.4 is 10.2 Å². The molecule has 20 heavy (non-hydrogen) atoms. The van der Waals surface area contributed by atoms with E-state index >= 15 is 0 Å². The van der Waals surface area contributed by atoms with Crippen LogP contribution in [0.25, 0.3) is 16.7 Å². The molecule has 1 saturated heterocycles. The first kappa shape index (κ1) is 11.6. The third kappa shape index (κ3) is 1.65. The largest absolute Gasteiger partial charge is 0.343 e. The average Bonchev–Trinajstić information content (AvgIpc) is 2.90. The van der Waals surface area contributed by atoms with Crippen LogP contribution in [0, 0.1) is 6.92 Å². The molecule has 1 aromatic carbocycles. The number of aromatic nitrogens is 4. The molecule has 0 atom stereocenters. The molecule has 0 amide bonds. The van der Waals surface area contributed by atoms with Crippen LogP contribution in [-0.2, 0) is 0 Å². The zero-order valence-corrected chi connectivity index (χ0v) is 11.5. The van der Waals surface area contributed by atoms with Crippen molar-refractivity contribution in [3.05, 3.63) is 30.1 Å². The first-order valence-corrected chi connectivity index (χ1v) is 7.02. The van der Waals surface area contributed by atoms with Gasteiger partial charge in [0.1, 0.15) is 5.82 Å². The smallest absolute Gasteiger partial charge is 0.204 e. The highest BCUT2D eigenvalue weighted by Gasteiger charge is 2.20. The Morgan fingerprint density at radius 2 is 1.90 bits per heavy atom. The fourth-order valence-corrected chi connectivity index (χ4v) is 2.88. The van der Waals surface area contributed by atoms with Gasteiger partial charge in [-0.05, 0) is 19.1 Å². The fourth-order valence-electron chi connectivity index (χ4n) is 2.88. The van der Waals surface area contributed by atoms with Gasteiger partial charge in [0.15, 0.2) is 5.82 Å². The molecule has 0 spiro atoms. The van der Waals surface area contributed by atoms with E-state index < -0.39 is 0 Å². The van der Waals surface area contributed by atoms with Gasteiger partial charge in [0.05, 0.1) is 37.2 Å². The van der Waals surface area contributed by atoms with Gasteiger partial charge in [-0.15, -0.1) is 10.2 Å². The summed E-state index contributed by atoms with van der Waals surface area (Å²) in [5.74, 6) is 1.86. The van der Waals surface area contributed by atoms with Gasteiger partial charge in [-0.1, -0.05) is 12.1 Å². The Labute approximate surface area is 116 Å². The second-order valence-corrected chi connectivity index (χ2v) is 5.18. The Morgan fingerprint density at radius 1 is 1.10 bits per heavy atom. The normalized spacial score (nSPS) is 16.1. The van der Waals surface area contributed by atoms with E-state index in [0.29, 0.717) is 0 Å². The van der Waals surface area contributed by atoms with Crippen LogP contribution in [0.2, 0.25) is 0 Å². The molecule has 0 unspecified atom stereocenters. The second-order valence-electron chi connectivity index (χ2n) is 5.18. The first-order chi connectivity index (χ1) is 9.84. The summed E-state index contributed by atoms with van der Waals surface area (Å²) < 4.78 is 2.11. The molecule has 4 rings (SSSR count). The summed E-state index contributed by atoms with van der Waals surface area (Å²) in [7, 11) is 0. The summed E-state index contributed by atoms with van der Waals surface area (Å²) in [5.41, 5.74) is 2.92. The average molecular weight is 269 g/mol. The number of fused-ring (bicyclic) bond motifs is 3. The quantitative estimate of drug-likeness (QED) is 0.674. The number of rotatable bonds is 1.